The van der Waals surface area contributed by atoms with Gasteiger partial charge in [-0.05, 0) is 19.9 Å². The minimum Gasteiger partial charge on any atom is -0.373 e. The van der Waals surface area contributed by atoms with Crippen molar-refractivity contribution in [2.75, 3.05) is 26.2 Å². The number of carbonyl (C=O) groups excluding carboxylic acids is 1. The number of amides is 1. The zero-order valence-corrected chi connectivity index (χ0v) is 15.4. The maximum atomic E-state index is 12.9. The molecule has 4 rings (SSSR count). The third kappa shape index (κ3) is 3.21. The van der Waals surface area contributed by atoms with E-state index in [1.807, 2.05) is 18.7 Å². The van der Waals surface area contributed by atoms with Crippen LogP contribution < -0.4 is 0 Å². The summed E-state index contributed by atoms with van der Waals surface area (Å²) in [4.78, 5) is 21.8. The lowest BCUT2D eigenvalue weighted by Gasteiger charge is -2.36. The largest absolute Gasteiger partial charge is 0.373 e. The van der Waals surface area contributed by atoms with Crippen LogP contribution in [0.2, 0.25) is 0 Å². The van der Waals surface area contributed by atoms with Crippen molar-refractivity contribution in [3.8, 4) is 0 Å². The Balaban J connectivity index is 1.47. The van der Waals surface area contributed by atoms with E-state index in [-0.39, 0.29) is 18.1 Å². The van der Waals surface area contributed by atoms with Gasteiger partial charge in [0.2, 0.25) is 0 Å². The SMILES string of the molecule is CCn1nccc1C(=O)N1C[C@@H]2OCCN(Cc3csc(C)n3)[C@H]2C1. The molecule has 0 aliphatic carbocycles. The Morgan fingerprint density at radius 2 is 2.32 bits per heavy atom. The number of morpholine rings is 1. The van der Waals surface area contributed by atoms with E-state index >= 15 is 0 Å². The van der Waals surface area contributed by atoms with E-state index in [0.717, 1.165) is 23.8 Å². The molecule has 4 heterocycles. The molecule has 2 aromatic heterocycles. The van der Waals surface area contributed by atoms with Gasteiger partial charge in [-0.3, -0.25) is 14.4 Å². The van der Waals surface area contributed by atoms with Crippen LogP contribution >= 0.6 is 11.3 Å². The second kappa shape index (κ2) is 6.86. The molecule has 2 saturated heterocycles. The molecular weight excluding hydrogens is 338 g/mol. The second-order valence-corrected chi connectivity index (χ2v) is 7.61. The Morgan fingerprint density at radius 3 is 3.08 bits per heavy atom. The molecule has 7 nitrogen and oxygen atoms in total. The van der Waals surface area contributed by atoms with Crippen LogP contribution in [0.5, 0.6) is 0 Å². The monoisotopic (exact) mass is 361 g/mol. The normalized spacial score (nSPS) is 23.8. The topological polar surface area (TPSA) is 63.5 Å². The standard InChI is InChI=1S/C17H23N5O2S/c1-3-22-14(4-5-18-22)17(23)21-9-15-16(10-21)24-7-6-20(15)8-13-11-25-12(2)19-13/h4-5,11,15-16H,3,6-10H2,1-2H3/t15-,16-/m0/s1. The zero-order valence-electron chi connectivity index (χ0n) is 14.6. The van der Waals surface area contributed by atoms with Crippen molar-refractivity contribution in [2.45, 2.75) is 39.1 Å². The molecule has 134 valence electrons. The summed E-state index contributed by atoms with van der Waals surface area (Å²) in [5.74, 6) is 0.0433. The van der Waals surface area contributed by atoms with Gasteiger partial charge < -0.3 is 9.64 Å². The number of nitrogens with zero attached hydrogens (tertiary/aromatic N) is 5. The number of hydrogen-bond donors (Lipinski definition) is 0. The number of thiazole rings is 1. The van der Waals surface area contributed by atoms with Crippen molar-refractivity contribution >= 4 is 17.2 Å². The first kappa shape index (κ1) is 16.7. The van der Waals surface area contributed by atoms with Gasteiger partial charge in [-0.15, -0.1) is 11.3 Å². The number of aryl methyl sites for hydroxylation is 2. The molecule has 0 N–H and O–H groups in total. The number of likely N-dealkylation sites (tertiary alicyclic amines) is 1. The van der Waals surface area contributed by atoms with E-state index < -0.39 is 0 Å². The van der Waals surface area contributed by atoms with Crippen molar-refractivity contribution in [3.63, 3.8) is 0 Å². The molecule has 2 aromatic rings. The molecule has 0 radical (unpaired) electrons. The first-order valence-corrected chi connectivity index (χ1v) is 9.61. The molecule has 1 amide bonds. The van der Waals surface area contributed by atoms with Crippen LogP contribution in [0.4, 0.5) is 0 Å². The van der Waals surface area contributed by atoms with Gasteiger partial charge in [0.05, 0.1) is 29.5 Å². The smallest absolute Gasteiger partial charge is 0.272 e. The van der Waals surface area contributed by atoms with Crippen molar-refractivity contribution in [1.82, 2.24) is 24.6 Å². The third-order valence-electron chi connectivity index (χ3n) is 4.97. The minimum atomic E-state index is 0.0433. The molecule has 2 aliphatic heterocycles. The van der Waals surface area contributed by atoms with Crippen molar-refractivity contribution < 1.29 is 9.53 Å². The predicted octanol–water partition coefficient (Wildman–Crippen LogP) is 1.39. The molecule has 2 aliphatic rings. The Morgan fingerprint density at radius 1 is 1.44 bits per heavy atom. The number of carbonyl (C=O) groups is 1. The van der Waals surface area contributed by atoms with Gasteiger partial charge >= 0.3 is 0 Å². The first-order valence-electron chi connectivity index (χ1n) is 8.73. The maximum absolute atomic E-state index is 12.9. The molecule has 0 saturated carbocycles. The summed E-state index contributed by atoms with van der Waals surface area (Å²) in [5.41, 5.74) is 1.76. The fourth-order valence-corrected chi connectivity index (χ4v) is 4.34. The number of ether oxygens (including phenoxy) is 1. The highest BCUT2D eigenvalue weighted by molar-refractivity contribution is 7.09. The highest BCUT2D eigenvalue weighted by atomic mass is 32.1. The highest BCUT2D eigenvalue weighted by Crippen LogP contribution is 2.26. The second-order valence-electron chi connectivity index (χ2n) is 6.55. The van der Waals surface area contributed by atoms with Gasteiger partial charge in [-0.2, -0.15) is 5.10 Å². The molecule has 8 heteroatoms. The van der Waals surface area contributed by atoms with Crippen molar-refractivity contribution in [2.24, 2.45) is 0 Å². The molecule has 25 heavy (non-hydrogen) atoms. The molecule has 2 fully saturated rings. The Kier molecular flexibility index (Phi) is 4.58. The highest BCUT2D eigenvalue weighted by Gasteiger charge is 2.42. The lowest BCUT2D eigenvalue weighted by molar-refractivity contribution is -0.0507. The van der Waals surface area contributed by atoms with Crippen LogP contribution in [-0.4, -0.2) is 68.9 Å². The van der Waals surface area contributed by atoms with E-state index in [1.165, 1.54) is 0 Å². The van der Waals surface area contributed by atoms with Crippen molar-refractivity contribution in [3.05, 3.63) is 34.0 Å². The van der Waals surface area contributed by atoms with Gasteiger partial charge in [0.1, 0.15) is 5.69 Å². The van der Waals surface area contributed by atoms with Gasteiger partial charge in [-0.1, -0.05) is 0 Å². The van der Waals surface area contributed by atoms with Crippen LogP contribution in [-0.2, 0) is 17.8 Å². The zero-order chi connectivity index (χ0) is 17.4. The summed E-state index contributed by atoms with van der Waals surface area (Å²) in [5, 5.41) is 7.43. The molecule has 2 atom stereocenters. The summed E-state index contributed by atoms with van der Waals surface area (Å²) in [6.45, 7) is 8.47. The van der Waals surface area contributed by atoms with Gasteiger partial charge in [0.25, 0.3) is 5.91 Å². The first-order chi connectivity index (χ1) is 12.2. The van der Waals surface area contributed by atoms with Crippen molar-refractivity contribution in [1.29, 1.82) is 0 Å². The molecular formula is C17H23N5O2S. The third-order valence-corrected chi connectivity index (χ3v) is 5.79. The minimum absolute atomic E-state index is 0.0433. The Bertz CT molecular complexity index is 758. The van der Waals surface area contributed by atoms with Crippen LogP contribution in [0.1, 0.15) is 28.1 Å². The maximum Gasteiger partial charge on any atom is 0.272 e. The average molecular weight is 361 g/mol. The quantitative estimate of drug-likeness (QED) is 0.824. The van der Waals surface area contributed by atoms with E-state index in [9.17, 15) is 4.79 Å². The number of rotatable bonds is 4. The summed E-state index contributed by atoms with van der Waals surface area (Å²) in [6, 6.07) is 2.03. The fraction of sp³-hybridized carbons (Fsp3) is 0.588. The van der Waals surface area contributed by atoms with Crippen LogP contribution in [0.25, 0.3) is 0 Å². The lowest BCUT2D eigenvalue weighted by atomic mass is 10.1. The molecule has 0 spiro atoms. The van der Waals surface area contributed by atoms with E-state index in [0.29, 0.717) is 31.9 Å². The summed E-state index contributed by atoms with van der Waals surface area (Å²) >= 11 is 1.68. The number of hydrogen-bond acceptors (Lipinski definition) is 6. The molecule has 0 bridgehead atoms. The summed E-state index contributed by atoms with van der Waals surface area (Å²) < 4.78 is 7.70. The van der Waals surface area contributed by atoms with Crippen LogP contribution in [0.3, 0.4) is 0 Å². The van der Waals surface area contributed by atoms with Crippen LogP contribution in [0.15, 0.2) is 17.6 Å². The molecule has 0 unspecified atom stereocenters. The van der Waals surface area contributed by atoms with E-state index in [2.05, 4.69) is 20.4 Å². The Labute approximate surface area is 151 Å². The van der Waals surface area contributed by atoms with Gasteiger partial charge in [-0.25, -0.2) is 4.98 Å². The molecule has 0 aromatic carbocycles. The van der Waals surface area contributed by atoms with E-state index in [4.69, 9.17) is 4.74 Å². The average Bonchev–Trinajstić information content (AvgIpc) is 3.33. The van der Waals surface area contributed by atoms with Gasteiger partial charge in [0.15, 0.2) is 0 Å². The summed E-state index contributed by atoms with van der Waals surface area (Å²) in [6.07, 6.45) is 1.77. The predicted molar refractivity (Wildman–Crippen MR) is 94.6 cm³/mol. The Hall–Kier alpha value is -1.77. The fourth-order valence-electron chi connectivity index (χ4n) is 3.74. The summed E-state index contributed by atoms with van der Waals surface area (Å²) in [7, 11) is 0. The lowest BCUT2D eigenvalue weighted by Crippen LogP contribution is -2.50. The van der Waals surface area contributed by atoms with Gasteiger partial charge in [0, 0.05) is 44.3 Å². The number of aromatic nitrogens is 3. The van der Waals surface area contributed by atoms with Crippen LogP contribution in [0, 0.1) is 6.92 Å². The number of fused-ring (bicyclic) bond motifs is 1. The van der Waals surface area contributed by atoms with E-state index in [1.54, 1.807) is 28.3 Å².